The molecule has 1 aliphatic carbocycles. The largest absolute Gasteiger partial charge is 0.141 e. The zero-order valence-electron chi connectivity index (χ0n) is 12.7. The van der Waals surface area contributed by atoms with Crippen LogP contribution in [0.5, 0.6) is 0 Å². The molecule has 1 aliphatic rings. The summed E-state index contributed by atoms with van der Waals surface area (Å²) in [5.74, 6) is 0. The molecule has 0 saturated carbocycles. The highest BCUT2D eigenvalue weighted by Crippen LogP contribution is 2.45. The average Bonchev–Trinajstić information content (AvgIpc) is 3.16. The van der Waals surface area contributed by atoms with Crippen molar-refractivity contribution >= 4 is 46.0 Å². The molecule has 0 fully saturated rings. The van der Waals surface area contributed by atoms with E-state index in [0.29, 0.717) is 0 Å². The normalized spacial score (nSPS) is 14.8. The van der Waals surface area contributed by atoms with Gasteiger partial charge in [0, 0.05) is 19.5 Å². The van der Waals surface area contributed by atoms with Gasteiger partial charge in [-0.15, -0.1) is 22.7 Å². The van der Waals surface area contributed by atoms with Crippen LogP contribution in [0.2, 0.25) is 0 Å². The second-order valence-electron chi connectivity index (χ2n) is 5.46. The average molecular weight is 313 g/mol. The molecule has 2 aromatic heterocycles. The van der Waals surface area contributed by atoms with Crippen molar-refractivity contribution in [3.63, 3.8) is 0 Å². The Bertz CT molecular complexity index is 675. The van der Waals surface area contributed by atoms with Gasteiger partial charge in [-0.3, -0.25) is 0 Å². The van der Waals surface area contributed by atoms with E-state index in [2.05, 4.69) is 39.1 Å². The number of allylic oxidation sites excluding steroid dienone is 2. The molecule has 0 N–H and O–H groups in total. The Morgan fingerprint density at radius 2 is 1.29 bits per heavy atom. The smallest absolute Gasteiger partial charge is 0.0273 e. The lowest BCUT2D eigenvalue weighted by Gasteiger charge is -2.07. The molecule has 108 valence electrons. The van der Waals surface area contributed by atoms with Gasteiger partial charge in [0.1, 0.15) is 0 Å². The monoisotopic (exact) mass is 312 g/mol. The van der Waals surface area contributed by atoms with E-state index in [4.69, 9.17) is 0 Å². The minimum Gasteiger partial charge on any atom is -0.141 e. The van der Waals surface area contributed by atoms with Gasteiger partial charge in [0.05, 0.1) is 0 Å². The Labute approximate surface area is 135 Å². The summed E-state index contributed by atoms with van der Waals surface area (Å²) in [5.41, 5.74) is 5.98. The third kappa shape index (κ3) is 2.58. The third-order valence-electron chi connectivity index (χ3n) is 4.14. The molecule has 3 rings (SSSR count). The van der Waals surface area contributed by atoms with Crippen LogP contribution < -0.4 is 0 Å². The fourth-order valence-electron chi connectivity index (χ4n) is 3.15. The standard InChI is InChI=1S/C19H20S2/c1-5-14-10-18(12(3)20-14)16-8-7-9-17(16)19-11-15(6-2)21-13(19)4/h5-6,10-11H,1-2,7-9H2,3-4H3. The first-order chi connectivity index (χ1) is 10.1. The number of rotatable bonds is 4. The van der Waals surface area contributed by atoms with Crippen molar-refractivity contribution in [3.05, 3.63) is 55.9 Å². The van der Waals surface area contributed by atoms with Gasteiger partial charge in [-0.1, -0.05) is 25.3 Å². The highest BCUT2D eigenvalue weighted by atomic mass is 32.1. The molecular formula is C19H20S2. The van der Waals surface area contributed by atoms with Crippen LogP contribution in [0, 0.1) is 13.8 Å². The molecule has 2 aromatic rings. The lowest BCUT2D eigenvalue weighted by atomic mass is 9.97. The highest BCUT2D eigenvalue weighted by molar-refractivity contribution is 7.13. The van der Waals surface area contributed by atoms with E-state index >= 15 is 0 Å². The molecular weight excluding hydrogens is 292 g/mol. The SMILES string of the molecule is C=Cc1cc(C2=C(c3cc(C=C)sc3C)CCC2)c(C)s1. The van der Waals surface area contributed by atoms with E-state index in [9.17, 15) is 0 Å². The van der Waals surface area contributed by atoms with Crippen LogP contribution >= 0.6 is 22.7 Å². The van der Waals surface area contributed by atoms with Crippen molar-refractivity contribution in [1.29, 1.82) is 0 Å². The van der Waals surface area contributed by atoms with Gasteiger partial charge < -0.3 is 0 Å². The van der Waals surface area contributed by atoms with Crippen LogP contribution in [0.4, 0.5) is 0 Å². The van der Waals surface area contributed by atoms with E-state index in [1.807, 2.05) is 34.8 Å². The third-order valence-corrected chi connectivity index (χ3v) is 6.24. The zero-order chi connectivity index (χ0) is 15.0. The van der Waals surface area contributed by atoms with Crippen molar-refractivity contribution in [2.75, 3.05) is 0 Å². The summed E-state index contributed by atoms with van der Waals surface area (Å²) in [6.07, 6.45) is 7.58. The first-order valence-corrected chi connectivity index (χ1v) is 8.96. The van der Waals surface area contributed by atoms with Gasteiger partial charge in [0.25, 0.3) is 0 Å². The molecule has 0 nitrogen and oxygen atoms in total. The number of hydrogen-bond donors (Lipinski definition) is 0. The van der Waals surface area contributed by atoms with E-state index in [1.54, 1.807) is 11.1 Å². The van der Waals surface area contributed by atoms with Crippen LogP contribution in [-0.2, 0) is 0 Å². The molecule has 0 aliphatic heterocycles. The van der Waals surface area contributed by atoms with E-state index < -0.39 is 0 Å². The van der Waals surface area contributed by atoms with E-state index in [1.165, 1.54) is 49.9 Å². The van der Waals surface area contributed by atoms with Crippen LogP contribution in [0.15, 0.2) is 25.3 Å². The minimum atomic E-state index is 1.20. The Balaban J connectivity index is 2.13. The quantitative estimate of drug-likeness (QED) is 0.582. The van der Waals surface area contributed by atoms with Crippen LogP contribution in [0.3, 0.4) is 0 Å². The molecule has 0 saturated heterocycles. The summed E-state index contributed by atoms with van der Waals surface area (Å²) in [5, 5.41) is 0. The van der Waals surface area contributed by atoms with Crippen molar-refractivity contribution in [1.82, 2.24) is 0 Å². The Kier molecular flexibility index (Phi) is 4.01. The number of hydrogen-bond acceptors (Lipinski definition) is 2. The number of thiophene rings is 2. The second-order valence-corrected chi connectivity index (χ2v) is 8.03. The van der Waals surface area contributed by atoms with Gasteiger partial charge in [0.2, 0.25) is 0 Å². The van der Waals surface area contributed by atoms with Gasteiger partial charge in [-0.25, -0.2) is 0 Å². The first kappa shape index (κ1) is 14.6. The Hall–Kier alpha value is -1.38. The fraction of sp³-hybridized carbons (Fsp3) is 0.263. The predicted octanol–water partition coefficient (Wildman–Crippen LogP) is 6.81. The molecule has 2 heteroatoms. The highest BCUT2D eigenvalue weighted by Gasteiger charge is 2.22. The summed E-state index contributed by atoms with van der Waals surface area (Å²) >= 11 is 3.69. The Morgan fingerprint density at radius 1 is 0.857 bits per heavy atom. The second kappa shape index (κ2) is 5.78. The summed E-state index contributed by atoms with van der Waals surface area (Å²) in [7, 11) is 0. The predicted molar refractivity (Wildman–Crippen MR) is 99.0 cm³/mol. The van der Waals surface area contributed by atoms with Crippen LogP contribution in [0.25, 0.3) is 23.3 Å². The van der Waals surface area contributed by atoms with Crippen molar-refractivity contribution in [3.8, 4) is 0 Å². The molecule has 0 aromatic carbocycles. The molecule has 0 unspecified atom stereocenters. The van der Waals surface area contributed by atoms with Crippen molar-refractivity contribution in [2.24, 2.45) is 0 Å². The zero-order valence-corrected chi connectivity index (χ0v) is 14.3. The molecule has 0 amide bonds. The van der Waals surface area contributed by atoms with Crippen LogP contribution in [-0.4, -0.2) is 0 Å². The topological polar surface area (TPSA) is 0 Å². The maximum Gasteiger partial charge on any atom is 0.0273 e. The van der Waals surface area contributed by atoms with Gasteiger partial charge >= 0.3 is 0 Å². The summed E-state index contributed by atoms with van der Waals surface area (Å²) < 4.78 is 0. The maximum absolute atomic E-state index is 3.90. The van der Waals surface area contributed by atoms with Gasteiger partial charge in [-0.05, 0) is 67.5 Å². The summed E-state index contributed by atoms with van der Waals surface area (Å²) in [6, 6.07) is 4.62. The van der Waals surface area contributed by atoms with Crippen LogP contribution in [0.1, 0.15) is 49.9 Å². The lowest BCUT2D eigenvalue weighted by molar-refractivity contribution is 0.941. The Morgan fingerprint density at radius 3 is 1.62 bits per heavy atom. The molecule has 2 heterocycles. The molecule has 0 spiro atoms. The maximum atomic E-state index is 3.90. The van der Waals surface area contributed by atoms with Crippen molar-refractivity contribution < 1.29 is 0 Å². The molecule has 0 radical (unpaired) electrons. The summed E-state index contributed by atoms with van der Waals surface area (Å²) in [4.78, 5) is 5.37. The molecule has 21 heavy (non-hydrogen) atoms. The van der Waals surface area contributed by atoms with Gasteiger partial charge in [-0.2, -0.15) is 0 Å². The van der Waals surface area contributed by atoms with Crippen molar-refractivity contribution in [2.45, 2.75) is 33.1 Å². The lowest BCUT2D eigenvalue weighted by Crippen LogP contribution is -1.86. The molecule has 0 atom stereocenters. The van der Waals surface area contributed by atoms with E-state index in [-0.39, 0.29) is 0 Å². The first-order valence-electron chi connectivity index (χ1n) is 7.32. The minimum absolute atomic E-state index is 1.20. The van der Waals surface area contributed by atoms with E-state index in [0.717, 1.165) is 0 Å². The number of aryl methyl sites for hydroxylation is 2. The molecule has 0 bridgehead atoms. The summed E-state index contributed by atoms with van der Waals surface area (Å²) in [6.45, 7) is 12.3. The fourth-order valence-corrected chi connectivity index (χ4v) is 4.96. The van der Waals surface area contributed by atoms with Gasteiger partial charge in [0.15, 0.2) is 0 Å².